The Labute approximate surface area is 97.8 Å². The van der Waals surface area contributed by atoms with Crippen LogP contribution in [0.25, 0.3) is 0 Å². The number of sulfonamides is 1. The minimum Gasteiger partial charge on any atom is -0.313 e. The first-order valence-corrected chi connectivity index (χ1v) is 8.91. The molecule has 0 radical (unpaired) electrons. The van der Waals surface area contributed by atoms with E-state index in [1.165, 1.54) is 6.26 Å². The Bertz CT molecular complexity index is 388. The van der Waals surface area contributed by atoms with E-state index in [0.717, 1.165) is 6.26 Å². The van der Waals surface area contributed by atoms with Gasteiger partial charge in [0.25, 0.3) is 0 Å². The van der Waals surface area contributed by atoms with Crippen molar-refractivity contribution in [1.82, 2.24) is 10.0 Å². The lowest BCUT2D eigenvalue weighted by molar-refractivity contribution is 0.546. The third-order valence-electron chi connectivity index (χ3n) is 1.76. The molecule has 0 saturated carbocycles. The zero-order valence-corrected chi connectivity index (χ0v) is 11.5. The van der Waals surface area contributed by atoms with Crippen molar-refractivity contribution in [1.29, 1.82) is 0 Å². The van der Waals surface area contributed by atoms with Crippen molar-refractivity contribution < 1.29 is 16.8 Å². The monoisotopic (exact) mass is 272 g/mol. The lowest BCUT2D eigenvalue weighted by Crippen LogP contribution is -2.35. The molecule has 0 aromatic heterocycles. The van der Waals surface area contributed by atoms with Gasteiger partial charge in [-0.3, -0.25) is 0 Å². The summed E-state index contributed by atoms with van der Waals surface area (Å²) in [6.45, 7) is 2.72. The number of hydrogen-bond acceptors (Lipinski definition) is 5. The highest BCUT2D eigenvalue weighted by atomic mass is 32.2. The van der Waals surface area contributed by atoms with Gasteiger partial charge in [0.05, 0.1) is 12.0 Å². The molecule has 1 unspecified atom stereocenters. The summed E-state index contributed by atoms with van der Waals surface area (Å²) in [5, 5.41) is 3.01. The van der Waals surface area contributed by atoms with E-state index in [1.54, 1.807) is 6.92 Å². The molecule has 16 heavy (non-hydrogen) atoms. The van der Waals surface area contributed by atoms with E-state index in [-0.39, 0.29) is 11.8 Å². The van der Waals surface area contributed by atoms with Crippen molar-refractivity contribution in [2.75, 3.05) is 31.4 Å². The zero-order chi connectivity index (χ0) is 12.8. The Hall–Kier alpha value is -0.180. The fourth-order valence-corrected chi connectivity index (χ4v) is 2.75. The zero-order valence-electron chi connectivity index (χ0n) is 9.86. The summed E-state index contributed by atoms with van der Waals surface area (Å²) >= 11 is 0. The Morgan fingerprint density at radius 2 is 1.62 bits per heavy atom. The Morgan fingerprint density at radius 1 is 1.06 bits per heavy atom. The van der Waals surface area contributed by atoms with E-state index in [1.807, 2.05) is 0 Å². The summed E-state index contributed by atoms with van der Waals surface area (Å²) in [5.41, 5.74) is 0. The number of sulfone groups is 1. The molecule has 8 heteroatoms. The second-order valence-electron chi connectivity index (χ2n) is 3.97. The van der Waals surface area contributed by atoms with Crippen molar-refractivity contribution in [2.24, 2.45) is 0 Å². The summed E-state index contributed by atoms with van der Waals surface area (Å²) in [5.74, 6) is 0.0898. The lowest BCUT2D eigenvalue weighted by Gasteiger charge is -2.12. The van der Waals surface area contributed by atoms with Crippen LogP contribution in [0.15, 0.2) is 0 Å². The van der Waals surface area contributed by atoms with Crippen LogP contribution in [0, 0.1) is 0 Å². The predicted octanol–water partition coefficient (Wildman–Crippen LogP) is -1.05. The van der Waals surface area contributed by atoms with Gasteiger partial charge in [0, 0.05) is 18.8 Å². The molecule has 0 aromatic rings. The molecular formula is C8H20N2O4S2. The second kappa shape index (κ2) is 6.53. The molecule has 0 amide bonds. The van der Waals surface area contributed by atoms with E-state index >= 15 is 0 Å². The minimum atomic E-state index is -3.13. The van der Waals surface area contributed by atoms with Gasteiger partial charge in [0.15, 0.2) is 0 Å². The van der Waals surface area contributed by atoms with Gasteiger partial charge < -0.3 is 5.32 Å². The SMILES string of the molecule is CC(CS(C)(=O)=O)NCCCNS(C)(=O)=O. The maximum atomic E-state index is 10.9. The van der Waals surface area contributed by atoms with E-state index < -0.39 is 19.9 Å². The highest BCUT2D eigenvalue weighted by molar-refractivity contribution is 7.90. The van der Waals surface area contributed by atoms with Crippen LogP contribution in [0.1, 0.15) is 13.3 Å². The Balaban J connectivity index is 3.60. The first-order chi connectivity index (χ1) is 7.10. The molecular weight excluding hydrogens is 252 g/mol. The Kier molecular flexibility index (Phi) is 6.46. The molecule has 0 heterocycles. The van der Waals surface area contributed by atoms with Gasteiger partial charge in [-0.15, -0.1) is 0 Å². The molecule has 6 nitrogen and oxygen atoms in total. The molecule has 0 rings (SSSR count). The standard InChI is InChI=1S/C8H20N2O4S2/c1-8(7-15(2,11)12)9-5-4-6-10-16(3,13)14/h8-10H,4-7H2,1-3H3. The first-order valence-electron chi connectivity index (χ1n) is 4.96. The topological polar surface area (TPSA) is 92.3 Å². The largest absolute Gasteiger partial charge is 0.313 e. The van der Waals surface area contributed by atoms with Crippen LogP contribution in [0.5, 0.6) is 0 Å². The molecule has 0 saturated heterocycles. The normalized spacial score (nSPS) is 14.9. The maximum absolute atomic E-state index is 10.9. The molecule has 0 spiro atoms. The van der Waals surface area contributed by atoms with Crippen LogP contribution in [0.2, 0.25) is 0 Å². The number of hydrogen-bond donors (Lipinski definition) is 2. The van der Waals surface area contributed by atoms with Crippen molar-refractivity contribution in [3.63, 3.8) is 0 Å². The van der Waals surface area contributed by atoms with Crippen LogP contribution in [0.4, 0.5) is 0 Å². The molecule has 0 aliphatic rings. The van der Waals surface area contributed by atoms with Crippen molar-refractivity contribution in [3.8, 4) is 0 Å². The Morgan fingerprint density at radius 3 is 2.06 bits per heavy atom. The quantitative estimate of drug-likeness (QED) is 0.550. The van der Waals surface area contributed by atoms with Gasteiger partial charge in [-0.05, 0) is 19.9 Å². The van der Waals surface area contributed by atoms with Crippen molar-refractivity contribution >= 4 is 19.9 Å². The summed E-state index contributed by atoms with van der Waals surface area (Å²) in [6.07, 6.45) is 2.92. The summed E-state index contributed by atoms with van der Waals surface area (Å²) in [6, 6.07) is -0.117. The average Bonchev–Trinajstić information content (AvgIpc) is 1.97. The minimum absolute atomic E-state index is 0.0898. The second-order valence-corrected chi connectivity index (χ2v) is 7.99. The number of rotatable bonds is 8. The highest BCUT2D eigenvalue weighted by Crippen LogP contribution is 1.90. The average molecular weight is 272 g/mol. The van der Waals surface area contributed by atoms with E-state index in [0.29, 0.717) is 19.5 Å². The van der Waals surface area contributed by atoms with Gasteiger partial charge >= 0.3 is 0 Å². The molecule has 0 aromatic carbocycles. The molecule has 0 bridgehead atoms. The van der Waals surface area contributed by atoms with E-state index in [4.69, 9.17) is 0 Å². The van der Waals surface area contributed by atoms with Crippen LogP contribution in [0.3, 0.4) is 0 Å². The molecule has 1 atom stereocenters. The molecule has 0 fully saturated rings. The van der Waals surface area contributed by atoms with Crippen LogP contribution in [-0.4, -0.2) is 54.2 Å². The third kappa shape index (κ3) is 11.9. The smallest absolute Gasteiger partial charge is 0.208 e. The summed E-state index contributed by atoms with van der Waals surface area (Å²) in [7, 11) is -6.09. The van der Waals surface area contributed by atoms with Crippen LogP contribution >= 0.6 is 0 Å². The van der Waals surface area contributed by atoms with Gasteiger partial charge in [0.1, 0.15) is 9.84 Å². The van der Waals surface area contributed by atoms with Crippen LogP contribution < -0.4 is 10.0 Å². The fraction of sp³-hybridized carbons (Fsp3) is 1.00. The highest BCUT2D eigenvalue weighted by Gasteiger charge is 2.09. The molecule has 0 aliphatic heterocycles. The van der Waals surface area contributed by atoms with Gasteiger partial charge in [-0.2, -0.15) is 0 Å². The molecule has 0 aliphatic carbocycles. The maximum Gasteiger partial charge on any atom is 0.208 e. The van der Waals surface area contributed by atoms with Crippen LogP contribution in [-0.2, 0) is 19.9 Å². The summed E-state index contributed by atoms with van der Waals surface area (Å²) in [4.78, 5) is 0. The number of nitrogens with one attached hydrogen (secondary N) is 2. The summed E-state index contributed by atoms with van der Waals surface area (Å²) < 4.78 is 45.6. The van der Waals surface area contributed by atoms with E-state index in [2.05, 4.69) is 10.0 Å². The van der Waals surface area contributed by atoms with Gasteiger partial charge in [-0.1, -0.05) is 0 Å². The molecule has 98 valence electrons. The lowest BCUT2D eigenvalue weighted by atomic mass is 10.3. The third-order valence-corrected chi connectivity index (χ3v) is 3.60. The van der Waals surface area contributed by atoms with Crippen molar-refractivity contribution in [3.05, 3.63) is 0 Å². The molecule has 2 N–H and O–H groups in total. The first kappa shape index (κ1) is 15.8. The van der Waals surface area contributed by atoms with Gasteiger partial charge in [-0.25, -0.2) is 21.6 Å². The van der Waals surface area contributed by atoms with E-state index in [9.17, 15) is 16.8 Å². The van der Waals surface area contributed by atoms with Crippen molar-refractivity contribution in [2.45, 2.75) is 19.4 Å². The fourth-order valence-electron chi connectivity index (χ4n) is 1.21. The van der Waals surface area contributed by atoms with Gasteiger partial charge in [0.2, 0.25) is 10.0 Å². The predicted molar refractivity (Wildman–Crippen MR) is 64.6 cm³/mol.